The average Bonchev–Trinajstić information content (AvgIpc) is 1.55. The first-order valence-electron chi connectivity index (χ1n) is 51.7. The molecule has 0 amide bonds. The topological polar surface area (TPSA) is 347 Å². The van der Waals surface area contributed by atoms with Gasteiger partial charge in [0.2, 0.25) is 70.2 Å². The van der Waals surface area contributed by atoms with E-state index in [9.17, 15) is 68.1 Å². The highest BCUT2D eigenvalue weighted by Gasteiger charge is 2.33. The van der Waals surface area contributed by atoms with Crippen molar-refractivity contribution in [3.05, 3.63) is 308 Å². The van der Waals surface area contributed by atoms with Crippen molar-refractivity contribution in [1.82, 2.24) is 36.7 Å². The van der Waals surface area contributed by atoms with Gasteiger partial charge in [-0.3, -0.25) is 4.79 Å². The summed E-state index contributed by atoms with van der Waals surface area (Å²) in [7, 11) is -18.5. The van der Waals surface area contributed by atoms with Gasteiger partial charge >= 0.3 is 0 Å². The van der Waals surface area contributed by atoms with Crippen LogP contribution < -0.4 is 23.6 Å². The maximum Gasteiger partial charge on any atom is 0.243 e. The second-order valence-electron chi connectivity index (χ2n) is 39.7. The van der Waals surface area contributed by atoms with Gasteiger partial charge in [0.05, 0.1) is 48.0 Å². The smallest absolute Gasteiger partial charge is 0.243 e. The molecule has 4 fully saturated rings. The number of carbonyl (C=O) groups is 1. The number of hydrogen-bond donors (Lipinski definition) is 5. The van der Waals surface area contributed by atoms with Gasteiger partial charge in [-0.1, -0.05) is 263 Å². The first-order chi connectivity index (χ1) is 70.5. The van der Waals surface area contributed by atoms with Gasteiger partial charge < -0.3 is 14.7 Å². The van der Waals surface area contributed by atoms with Gasteiger partial charge in [-0.15, -0.1) is 0 Å². The second-order valence-corrected chi connectivity index (χ2v) is 53.5. The van der Waals surface area contributed by atoms with Crippen molar-refractivity contribution in [3.63, 3.8) is 0 Å². The third-order valence-corrected chi connectivity index (χ3v) is 37.1. The molecular formula is C115H165Cl2FN8O17S7. The molecule has 14 rings (SSSR count). The van der Waals surface area contributed by atoms with E-state index in [4.69, 9.17) is 33.0 Å². The SMILES string of the molecule is CC(C)c1cc(Cl)cc(Cl)c1.CCC(=O)c1ccc(C)cc1.CCCCN(C)S(=O)(=O)c1ccc(C)cc1.CCCN(CC1CC1)S(=O)(=O)c1ccc(C)cc1.COc1ccc(F)cc1C.Cc1ccc(S(=O)(=O)N(C)C2CCCCC2)cc1.Cc1ccc(S(=O)(=O)NC(C)(C)C)cc1.Cc1ccc(S(=O)(=O)NC2CCCCC2)cc1.Cc1ccc(S(=O)(=O)NCCCN2CCCCC2)cc1.Cc1ccc(S(=O)(=O)NCCO)cc1. The van der Waals surface area contributed by atoms with E-state index in [1.807, 2.05) is 201 Å². The normalized spacial score (nSPS) is 14.2. The van der Waals surface area contributed by atoms with Crippen LogP contribution in [0.1, 0.15) is 256 Å². The second kappa shape index (κ2) is 65.4. The molecule has 3 aliphatic carbocycles. The molecule has 3 saturated carbocycles. The molecule has 0 radical (unpaired) electrons. The van der Waals surface area contributed by atoms with Gasteiger partial charge in [0.25, 0.3) is 0 Å². The molecule has 1 saturated heterocycles. The number of aliphatic hydroxyl groups is 1. The van der Waals surface area contributed by atoms with Crippen LogP contribution in [0.3, 0.4) is 0 Å². The highest BCUT2D eigenvalue weighted by Crippen LogP contribution is 2.33. The lowest BCUT2D eigenvalue weighted by atomic mass is 9.96. The molecule has 35 heteroatoms. The van der Waals surface area contributed by atoms with Crippen LogP contribution in [0.15, 0.2) is 265 Å². The standard InChI is InChI=1S/C15H24N2O2S.2C14H21NO2S.C13H19NO2S.C12H19NO2S.C11H17NO2S.C10H12O.C9H10Cl2.C9H13NO3S.C8H9FO/c1-14-6-8-15(9-7-14)20(18,19)16-10-5-13-17-11-3-2-4-12-17;1-12-8-10-14(11-9-12)18(16,17)15(2)13-6-4-3-5-7-13;1-3-10-15(11-13-6-7-13)18(16,17)14-8-4-12(2)5-9-14;1-11-7-9-13(10-8-11)17(15,16)14-12-5-3-2-4-6-12;1-4-5-10-13(3)16(14,15)12-8-6-11(2)7-9-12;1-9-5-7-10(8-6-9)15(13,14)12-11(2,3)4;1-3-10(11)9-6-4-8(2)5-7-9;1-6(2)7-3-8(10)5-9(11)4-7;1-8-2-4-9(5-3-8)14(12,13)10-6-7-11;1-6-5-7(9)3-4-8(6)10-2/h6-9,16H,2-5,10-13H2,1H3;8-11,13H,3-7H2,1-2H3;4-5,8-9,13H,3,6-7,10-11H2,1-2H3;7-10,12,14H,2-6H2,1H3;6-9H,4-5,10H2,1-3H3;5-8,12H,1-4H3;4-7H,3H2,1-2H3;3-6H,1-2H3;2-5,10-11H,6-7H2,1H3;3-5H,1-2H3. The molecule has 830 valence electrons. The molecule has 1 heterocycles. The van der Waals surface area contributed by atoms with Crippen molar-refractivity contribution in [1.29, 1.82) is 0 Å². The van der Waals surface area contributed by atoms with Crippen molar-refractivity contribution in [2.45, 2.75) is 304 Å². The van der Waals surface area contributed by atoms with Gasteiger partial charge in [0.1, 0.15) is 11.6 Å². The Morgan fingerprint density at radius 1 is 0.440 bits per heavy atom. The molecule has 0 atom stereocenters. The van der Waals surface area contributed by atoms with Crippen LogP contribution in [0.5, 0.6) is 5.75 Å². The van der Waals surface area contributed by atoms with Gasteiger partial charge in [0.15, 0.2) is 5.78 Å². The van der Waals surface area contributed by atoms with Gasteiger partial charge in [-0.2, -0.15) is 8.61 Å². The Kier molecular flexibility index (Phi) is 57.5. The third kappa shape index (κ3) is 48.6. The summed E-state index contributed by atoms with van der Waals surface area (Å²) in [5, 5.41) is 9.91. The maximum atomic E-state index is 12.5. The summed E-state index contributed by atoms with van der Waals surface area (Å²) in [4.78, 5) is 16.0. The number of Topliss-reactive ketones (excluding diaryl/α,β-unsaturated/α-hetero) is 1. The molecule has 10 aromatic rings. The highest BCUT2D eigenvalue weighted by atomic mass is 35.5. The van der Waals surface area contributed by atoms with Crippen molar-refractivity contribution in [2.24, 2.45) is 5.92 Å². The van der Waals surface area contributed by atoms with Crippen molar-refractivity contribution >= 4 is 99.1 Å². The van der Waals surface area contributed by atoms with E-state index in [0.29, 0.717) is 83.9 Å². The van der Waals surface area contributed by atoms with Gasteiger partial charge in [-0.25, -0.2) is 86.5 Å². The average molecular weight is 2250 g/mol. The highest BCUT2D eigenvalue weighted by molar-refractivity contribution is 7.91. The predicted octanol–water partition coefficient (Wildman–Crippen LogP) is 24.1. The summed E-state index contributed by atoms with van der Waals surface area (Å²) in [5.74, 6) is 1.77. The first-order valence-corrected chi connectivity index (χ1v) is 62.7. The molecule has 4 aliphatic rings. The van der Waals surface area contributed by atoms with E-state index in [0.717, 1.165) is 153 Å². The zero-order valence-electron chi connectivity index (χ0n) is 91.5. The summed E-state index contributed by atoms with van der Waals surface area (Å²) in [6.45, 7) is 38.5. The number of aliphatic hydroxyl groups excluding tert-OH is 1. The number of rotatable bonds is 33. The van der Waals surface area contributed by atoms with E-state index in [1.165, 1.54) is 84.6 Å². The number of piperidine rings is 1. The van der Waals surface area contributed by atoms with Gasteiger partial charge in [0, 0.05) is 86.5 Å². The Bertz CT molecular complexity index is 6520. The fraction of sp³-hybridized carbons (Fsp3) is 0.470. The van der Waals surface area contributed by atoms with Crippen molar-refractivity contribution < 1.29 is 78.0 Å². The van der Waals surface area contributed by atoms with E-state index in [1.54, 1.807) is 139 Å². The molecule has 0 unspecified atom stereocenters. The fourth-order valence-corrected chi connectivity index (χ4v) is 25.1. The number of carbonyl (C=O) groups excluding carboxylic acids is 1. The number of nitrogens with zero attached hydrogens (tertiary/aromatic N) is 4. The fourth-order valence-electron chi connectivity index (χ4n) is 15.5. The Morgan fingerprint density at radius 2 is 0.813 bits per heavy atom. The van der Waals surface area contributed by atoms with E-state index in [-0.39, 0.29) is 41.7 Å². The Balaban J connectivity index is 0.000000295. The summed E-state index contributed by atoms with van der Waals surface area (Å²) < 4.78 is 201. The zero-order valence-corrected chi connectivity index (χ0v) is 98.7. The summed E-state index contributed by atoms with van der Waals surface area (Å²) >= 11 is 11.6. The van der Waals surface area contributed by atoms with Crippen LogP contribution >= 0.6 is 23.2 Å². The number of hydrogen-bond acceptors (Lipinski definition) is 18. The molecule has 0 spiro atoms. The van der Waals surface area contributed by atoms with Crippen LogP contribution in [0.4, 0.5) is 4.39 Å². The summed E-state index contributed by atoms with van der Waals surface area (Å²) in [5.41, 5.74) is 11.0. The Morgan fingerprint density at radius 3 is 1.19 bits per heavy atom. The minimum absolute atomic E-state index is 0.0379. The van der Waals surface area contributed by atoms with Crippen LogP contribution in [0, 0.1) is 74.0 Å². The van der Waals surface area contributed by atoms with E-state index < -0.39 is 75.7 Å². The molecule has 5 N–H and O–H groups in total. The lowest BCUT2D eigenvalue weighted by Gasteiger charge is -2.30. The van der Waals surface area contributed by atoms with E-state index in [2.05, 4.69) is 37.6 Å². The van der Waals surface area contributed by atoms with Crippen LogP contribution in [0.2, 0.25) is 10.0 Å². The Labute approximate surface area is 909 Å². The number of sulfonamides is 7. The van der Waals surface area contributed by atoms with Crippen LogP contribution in [-0.2, 0) is 70.2 Å². The molecule has 25 nitrogen and oxygen atoms in total. The summed E-state index contributed by atoms with van der Waals surface area (Å²) in [6.07, 6.45) is 21.3. The zero-order chi connectivity index (χ0) is 112. The van der Waals surface area contributed by atoms with Crippen molar-refractivity contribution in [2.75, 3.05) is 80.2 Å². The molecule has 1 aliphatic heterocycles. The number of unbranched alkanes of at least 4 members (excludes halogenated alkanes) is 1. The van der Waals surface area contributed by atoms with Crippen LogP contribution in [0.25, 0.3) is 0 Å². The number of halogens is 3. The minimum Gasteiger partial charge on any atom is -0.496 e. The van der Waals surface area contributed by atoms with Crippen molar-refractivity contribution in [3.8, 4) is 5.75 Å². The third-order valence-electron chi connectivity index (χ3n) is 24.7. The maximum absolute atomic E-state index is 12.5. The quantitative estimate of drug-likeness (QED) is 0.0188. The number of benzene rings is 10. The Hall–Kier alpha value is -8.53. The predicted molar refractivity (Wildman–Crippen MR) is 610 cm³/mol. The molecule has 10 aromatic carbocycles. The number of aryl methyl sites for hydroxylation is 9. The van der Waals surface area contributed by atoms with E-state index >= 15 is 0 Å². The minimum atomic E-state index is -3.45. The summed E-state index contributed by atoms with van der Waals surface area (Å²) in [6, 6.07) is 66.5. The molecule has 0 aromatic heterocycles. The number of methoxy groups -OCH3 is 1. The number of ether oxygens (including phenoxy) is 1. The number of likely N-dealkylation sites (tertiary alicyclic amines) is 1. The monoisotopic (exact) mass is 2240 g/mol. The lowest BCUT2D eigenvalue weighted by Crippen LogP contribution is -2.40. The molecule has 0 bridgehead atoms. The molecular weight excluding hydrogens is 2080 g/mol. The lowest BCUT2D eigenvalue weighted by molar-refractivity contribution is 0.0988. The van der Waals surface area contributed by atoms with Crippen LogP contribution in [-0.4, -0.2) is 185 Å². The number of nitrogens with one attached hydrogen (secondary N) is 4. The number of ketones is 1. The molecule has 150 heavy (non-hydrogen) atoms. The largest absolute Gasteiger partial charge is 0.496 e. The first kappa shape index (κ1) is 132. The van der Waals surface area contributed by atoms with Gasteiger partial charge in [-0.05, 0) is 318 Å².